The lowest BCUT2D eigenvalue weighted by Gasteiger charge is -2.11. The van der Waals surface area contributed by atoms with Crippen molar-refractivity contribution in [1.29, 1.82) is 0 Å². The highest BCUT2D eigenvalue weighted by molar-refractivity contribution is 6.30. The van der Waals surface area contributed by atoms with Crippen LogP contribution >= 0.6 is 11.6 Å². The zero-order valence-corrected chi connectivity index (χ0v) is 9.95. The van der Waals surface area contributed by atoms with E-state index in [0.717, 1.165) is 5.69 Å². The van der Waals surface area contributed by atoms with E-state index in [0.29, 0.717) is 11.1 Å². The Morgan fingerprint density at radius 3 is 2.59 bits per heavy atom. The van der Waals surface area contributed by atoms with Crippen LogP contribution in [0.2, 0.25) is 5.02 Å². The summed E-state index contributed by atoms with van der Waals surface area (Å²) in [4.78, 5) is 4.08. The van der Waals surface area contributed by atoms with Crippen LogP contribution in [-0.2, 0) is 0 Å². The number of halogens is 2. The summed E-state index contributed by atoms with van der Waals surface area (Å²) < 4.78 is 13.2. The van der Waals surface area contributed by atoms with E-state index >= 15 is 0 Å². The van der Waals surface area contributed by atoms with Gasteiger partial charge in [-0.05, 0) is 36.8 Å². The first kappa shape index (κ1) is 12.0. The lowest BCUT2D eigenvalue weighted by molar-refractivity contribution is 0.219. The summed E-state index contributed by atoms with van der Waals surface area (Å²) in [6.45, 7) is 1.86. The second-order valence-electron chi connectivity index (χ2n) is 3.84. The molecule has 1 aromatic heterocycles. The summed E-state index contributed by atoms with van der Waals surface area (Å²) in [5.41, 5.74) is 1.89. The van der Waals surface area contributed by atoms with E-state index in [4.69, 9.17) is 11.6 Å². The first-order chi connectivity index (χ1) is 8.06. The Kier molecular flexibility index (Phi) is 3.41. The molecule has 1 unspecified atom stereocenters. The fraction of sp³-hybridized carbons (Fsp3) is 0.154. The standard InChI is InChI=1S/C13H11ClFNO/c1-8-2-3-9(7-16-8)13(17)10-4-11(14)6-12(15)5-10/h2-7,13,17H,1H3. The number of aryl methyl sites for hydroxylation is 1. The second kappa shape index (κ2) is 4.82. The number of hydrogen-bond acceptors (Lipinski definition) is 2. The number of nitrogens with zero attached hydrogens (tertiary/aromatic N) is 1. The highest BCUT2D eigenvalue weighted by Gasteiger charge is 2.12. The first-order valence-corrected chi connectivity index (χ1v) is 5.50. The van der Waals surface area contributed by atoms with E-state index in [-0.39, 0.29) is 5.02 Å². The van der Waals surface area contributed by atoms with Crippen molar-refractivity contribution in [3.05, 3.63) is 64.2 Å². The number of aromatic nitrogens is 1. The minimum absolute atomic E-state index is 0.263. The van der Waals surface area contributed by atoms with Crippen molar-refractivity contribution in [2.45, 2.75) is 13.0 Å². The molecule has 0 aliphatic rings. The fourth-order valence-corrected chi connectivity index (χ4v) is 1.80. The van der Waals surface area contributed by atoms with Gasteiger partial charge in [-0.1, -0.05) is 17.7 Å². The molecule has 88 valence electrons. The highest BCUT2D eigenvalue weighted by atomic mass is 35.5. The molecule has 0 fully saturated rings. The molecule has 17 heavy (non-hydrogen) atoms. The summed E-state index contributed by atoms with van der Waals surface area (Å²) >= 11 is 5.74. The van der Waals surface area contributed by atoms with Crippen LogP contribution in [0, 0.1) is 12.7 Å². The van der Waals surface area contributed by atoms with E-state index in [1.165, 1.54) is 18.2 Å². The minimum Gasteiger partial charge on any atom is -0.384 e. The lowest BCUT2D eigenvalue weighted by Crippen LogP contribution is -2.01. The monoisotopic (exact) mass is 251 g/mol. The Bertz CT molecular complexity index is 507. The van der Waals surface area contributed by atoms with Gasteiger partial charge < -0.3 is 5.11 Å². The number of hydrogen-bond donors (Lipinski definition) is 1. The van der Waals surface area contributed by atoms with Gasteiger partial charge in [0, 0.05) is 22.5 Å². The molecule has 1 N–H and O–H groups in total. The Morgan fingerprint density at radius 2 is 2.00 bits per heavy atom. The molecule has 0 bridgehead atoms. The highest BCUT2D eigenvalue weighted by Crippen LogP contribution is 2.25. The van der Waals surface area contributed by atoms with Crippen LogP contribution in [0.3, 0.4) is 0 Å². The van der Waals surface area contributed by atoms with E-state index < -0.39 is 11.9 Å². The number of aliphatic hydroxyl groups is 1. The largest absolute Gasteiger partial charge is 0.384 e. The van der Waals surface area contributed by atoms with Gasteiger partial charge in [0.15, 0.2) is 0 Å². The average molecular weight is 252 g/mol. The van der Waals surface area contributed by atoms with Gasteiger partial charge >= 0.3 is 0 Å². The molecule has 2 aromatic rings. The SMILES string of the molecule is Cc1ccc(C(O)c2cc(F)cc(Cl)c2)cn1. The van der Waals surface area contributed by atoms with Gasteiger partial charge in [-0.3, -0.25) is 4.98 Å². The van der Waals surface area contributed by atoms with Crippen LogP contribution < -0.4 is 0 Å². The van der Waals surface area contributed by atoms with Crippen molar-refractivity contribution < 1.29 is 9.50 Å². The number of pyridine rings is 1. The molecule has 0 aliphatic heterocycles. The molecule has 0 radical (unpaired) electrons. The van der Waals surface area contributed by atoms with Crippen LogP contribution in [-0.4, -0.2) is 10.1 Å². The molecule has 0 spiro atoms. The summed E-state index contributed by atoms with van der Waals surface area (Å²) in [5, 5.41) is 10.3. The predicted molar refractivity (Wildman–Crippen MR) is 64.4 cm³/mol. The molecule has 0 saturated carbocycles. The zero-order chi connectivity index (χ0) is 12.4. The Labute approximate surface area is 104 Å². The molecule has 1 aromatic carbocycles. The van der Waals surface area contributed by atoms with Crippen molar-refractivity contribution in [1.82, 2.24) is 4.98 Å². The third-order valence-corrected chi connectivity index (χ3v) is 2.67. The normalized spacial score (nSPS) is 12.5. The molecule has 1 atom stereocenters. The van der Waals surface area contributed by atoms with Crippen LogP contribution in [0.4, 0.5) is 4.39 Å². The van der Waals surface area contributed by atoms with Crippen molar-refractivity contribution in [3.8, 4) is 0 Å². The molecular weight excluding hydrogens is 241 g/mol. The summed E-state index contributed by atoms with van der Waals surface area (Å²) in [7, 11) is 0. The van der Waals surface area contributed by atoms with Crippen molar-refractivity contribution >= 4 is 11.6 Å². The van der Waals surface area contributed by atoms with Gasteiger partial charge in [-0.15, -0.1) is 0 Å². The van der Waals surface area contributed by atoms with Gasteiger partial charge in [0.05, 0.1) is 0 Å². The summed E-state index contributed by atoms with van der Waals surface area (Å²) in [5.74, 6) is -0.466. The predicted octanol–water partition coefficient (Wildman–Crippen LogP) is 3.26. The van der Waals surface area contributed by atoms with E-state index in [9.17, 15) is 9.50 Å². The van der Waals surface area contributed by atoms with E-state index in [2.05, 4.69) is 4.98 Å². The van der Waals surface area contributed by atoms with Crippen LogP contribution in [0.5, 0.6) is 0 Å². The Morgan fingerprint density at radius 1 is 1.24 bits per heavy atom. The minimum atomic E-state index is -0.920. The lowest BCUT2D eigenvalue weighted by atomic mass is 10.0. The molecule has 0 amide bonds. The number of rotatable bonds is 2. The smallest absolute Gasteiger partial charge is 0.125 e. The van der Waals surface area contributed by atoms with Crippen LogP contribution in [0.25, 0.3) is 0 Å². The maximum Gasteiger partial charge on any atom is 0.125 e. The van der Waals surface area contributed by atoms with Crippen molar-refractivity contribution in [2.75, 3.05) is 0 Å². The molecule has 2 nitrogen and oxygen atoms in total. The molecule has 0 saturated heterocycles. The second-order valence-corrected chi connectivity index (χ2v) is 4.27. The Hall–Kier alpha value is -1.45. The van der Waals surface area contributed by atoms with Gasteiger partial charge in [-0.25, -0.2) is 4.39 Å². The topological polar surface area (TPSA) is 33.1 Å². The van der Waals surface area contributed by atoms with E-state index in [1.807, 2.05) is 6.92 Å². The molecule has 2 rings (SSSR count). The summed E-state index contributed by atoms with van der Waals surface area (Å²) in [6, 6.07) is 7.54. The maximum absolute atomic E-state index is 13.2. The number of aliphatic hydroxyl groups excluding tert-OH is 1. The summed E-state index contributed by atoms with van der Waals surface area (Å²) in [6.07, 6.45) is 0.648. The van der Waals surface area contributed by atoms with Gasteiger partial charge in [0.1, 0.15) is 11.9 Å². The maximum atomic E-state index is 13.2. The zero-order valence-electron chi connectivity index (χ0n) is 9.19. The third kappa shape index (κ3) is 2.81. The van der Waals surface area contributed by atoms with Gasteiger partial charge in [0.2, 0.25) is 0 Å². The molecular formula is C13H11ClFNO. The van der Waals surface area contributed by atoms with Crippen molar-refractivity contribution in [3.63, 3.8) is 0 Å². The van der Waals surface area contributed by atoms with Crippen molar-refractivity contribution in [2.24, 2.45) is 0 Å². The number of benzene rings is 1. The van der Waals surface area contributed by atoms with Gasteiger partial charge in [0.25, 0.3) is 0 Å². The third-order valence-electron chi connectivity index (χ3n) is 2.45. The fourth-order valence-electron chi connectivity index (χ4n) is 1.57. The molecule has 0 aliphatic carbocycles. The average Bonchev–Trinajstić information content (AvgIpc) is 2.28. The molecule has 1 heterocycles. The Balaban J connectivity index is 2.36. The van der Waals surface area contributed by atoms with Gasteiger partial charge in [-0.2, -0.15) is 0 Å². The quantitative estimate of drug-likeness (QED) is 0.889. The van der Waals surface area contributed by atoms with E-state index in [1.54, 1.807) is 18.3 Å². The first-order valence-electron chi connectivity index (χ1n) is 5.13. The molecule has 4 heteroatoms. The van der Waals surface area contributed by atoms with Crippen LogP contribution in [0.1, 0.15) is 22.9 Å². The van der Waals surface area contributed by atoms with Crippen LogP contribution in [0.15, 0.2) is 36.5 Å².